The first-order chi connectivity index (χ1) is 8.15. The van der Waals surface area contributed by atoms with Crippen molar-refractivity contribution in [1.29, 1.82) is 0 Å². The second kappa shape index (κ2) is 5.28. The van der Waals surface area contributed by atoms with Crippen LogP contribution >= 0.6 is 27.7 Å². The van der Waals surface area contributed by atoms with E-state index in [4.69, 9.17) is 9.63 Å². The van der Waals surface area contributed by atoms with Crippen molar-refractivity contribution in [2.45, 2.75) is 5.22 Å². The van der Waals surface area contributed by atoms with Gasteiger partial charge in [-0.05, 0) is 28.1 Å². The SMILES string of the molecule is O=C(O)CSc1nc(-c2ccc(Br)cn2)no1. The maximum absolute atomic E-state index is 10.4. The highest BCUT2D eigenvalue weighted by Gasteiger charge is 2.11. The Labute approximate surface area is 109 Å². The second-order valence-electron chi connectivity index (χ2n) is 2.93. The van der Waals surface area contributed by atoms with Crippen molar-refractivity contribution in [1.82, 2.24) is 15.1 Å². The van der Waals surface area contributed by atoms with Crippen molar-refractivity contribution < 1.29 is 14.4 Å². The Morgan fingerprint density at radius 3 is 3.00 bits per heavy atom. The van der Waals surface area contributed by atoms with E-state index in [2.05, 4.69) is 31.1 Å². The van der Waals surface area contributed by atoms with Gasteiger partial charge in [-0.15, -0.1) is 0 Å². The first kappa shape index (κ1) is 12.1. The molecule has 2 aromatic heterocycles. The molecule has 0 fully saturated rings. The van der Waals surface area contributed by atoms with Gasteiger partial charge in [-0.2, -0.15) is 4.98 Å². The summed E-state index contributed by atoms with van der Waals surface area (Å²) >= 11 is 4.24. The Morgan fingerprint density at radius 1 is 1.53 bits per heavy atom. The number of carboxylic acids is 1. The lowest BCUT2D eigenvalue weighted by atomic mass is 10.3. The molecule has 0 aromatic carbocycles. The van der Waals surface area contributed by atoms with Crippen LogP contribution in [0.4, 0.5) is 0 Å². The lowest BCUT2D eigenvalue weighted by molar-refractivity contribution is -0.133. The van der Waals surface area contributed by atoms with Gasteiger partial charge in [-0.25, -0.2) is 0 Å². The fraction of sp³-hybridized carbons (Fsp3) is 0.111. The molecule has 8 heteroatoms. The average Bonchev–Trinajstić information content (AvgIpc) is 2.76. The van der Waals surface area contributed by atoms with Crippen molar-refractivity contribution >= 4 is 33.7 Å². The van der Waals surface area contributed by atoms with Crippen LogP contribution in [0, 0.1) is 0 Å². The highest BCUT2D eigenvalue weighted by molar-refractivity contribution is 9.10. The molecule has 17 heavy (non-hydrogen) atoms. The van der Waals surface area contributed by atoms with E-state index >= 15 is 0 Å². The van der Waals surface area contributed by atoms with Crippen LogP contribution in [0.25, 0.3) is 11.5 Å². The minimum atomic E-state index is -0.934. The molecule has 0 aliphatic heterocycles. The van der Waals surface area contributed by atoms with Gasteiger partial charge in [0.25, 0.3) is 5.22 Å². The maximum atomic E-state index is 10.4. The molecule has 0 saturated carbocycles. The van der Waals surface area contributed by atoms with Crippen molar-refractivity contribution in [2.24, 2.45) is 0 Å². The van der Waals surface area contributed by atoms with Gasteiger partial charge >= 0.3 is 5.97 Å². The molecule has 0 aliphatic carbocycles. The minimum Gasteiger partial charge on any atom is -0.481 e. The summed E-state index contributed by atoms with van der Waals surface area (Å²) in [6.45, 7) is 0. The smallest absolute Gasteiger partial charge is 0.314 e. The molecule has 2 aromatic rings. The molecule has 0 amide bonds. The number of pyridine rings is 1. The molecule has 0 bridgehead atoms. The number of carbonyl (C=O) groups is 1. The molecule has 0 spiro atoms. The van der Waals surface area contributed by atoms with E-state index in [1.165, 1.54) is 0 Å². The van der Waals surface area contributed by atoms with Gasteiger partial charge in [0.05, 0.1) is 0 Å². The highest BCUT2D eigenvalue weighted by Crippen LogP contribution is 2.20. The number of hydrogen-bond acceptors (Lipinski definition) is 6. The number of hydrogen-bond donors (Lipinski definition) is 1. The van der Waals surface area contributed by atoms with Gasteiger partial charge in [-0.3, -0.25) is 9.78 Å². The molecule has 1 N–H and O–H groups in total. The van der Waals surface area contributed by atoms with Crippen molar-refractivity contribution in [2.75, 3.05) is 5.75 Å². The average molecular weight is 316 g/mol. The summed E-state index contributed by atoms with van der Waals surface area (Å²) in [5.74, 6) is -0.711. The van der Waals surface area contributed by atoms with Gasteiger partial charge in [0, 0.05) is 10.7 Å². The third-order valence-electron chi connectivity index (χ3n) is 1.68. The summed E-state index contributed by atoms with van der Waals surface area (Å²) in [5.41, 5.74) is 0.569. The summed E-state index contributed by atoms with van der Waals surface area (Å²) in [6, 6.07) is 3.54. The Kier molecular flexibility index (Phi) is 3.75. The van der Waals surface area contributed by atoms with Gasteiger partial charge in [0.1, 0.15) is 11.4 Å². The molecule has 2 heterocycles. The Morgan fingerprint density at radius 2 is 2.35 bits per heavy atom. The third kappa shape index (κ3) is 3.27. The fourth-order valence-electron chi connectivity index (χ4n) is 1.00. The van der Waals surface area contributed by atoms with Crippen molar-refractivity contribution in [3.8, 4) is 11.5 Å². The predicted octanol–water partition coefficient (Wildman–Crippen LogP) is 2.07. The van der Waals surface area contributed by atoms with Crippen LogP contribution in [0.2, 0.25) is 0 Å². The minimum absolute atomic E-state index is 0.116. The van der Waals surface area contributed by atoms with Crippen LogP contribution in [0.5, 0.6) is 0 Å². The van der Waals surface area contributed by atoms with E-state index in [-0.39, 0.29) is 11.0 Å². The summed E-state index contributed by atoms with van der Waals surface area (Å²) in [4.78, 5) is 18.5. The molecular formula is C9H6BrN3O3S. The first-order valence-electron chi connectivity index (χ1n) is 4.45. The molecule has 0 saturated heterocycles. The topological polar surface area (TPSA) is 89.1 Å². The summed E-state index contributed by atoms with van der Waals surface area (Å²) < 4.78 is 5.74. The van der Waals surface area contributed by atoms with E-state index in [0.717, 1.165) is 16.2 Å². The monoisotopic (exact) mass is 315 g/mol. The fourth-order valence-corrected chi connectivity index (χ4v) is 1.73. The van der Waals surface area contributed by atoms with Gasteiger partial charge in [0.15, 0.2) is 0 Å². The van der Waals surface area contributed by atoms with Crippen molar-refractivity contribution in [3.63, 3.8) is 0 Å². The number of aromatic nitrogens is 3. The molecule has 6 nitrogen and oxygen atoms in total. The lowest BCUT2D eigenvalue weighted by Crippen LogP contribution is -1.97. The number of halogens is 1. The quantitative estimate of drug-likeness (QED) is 0.864. The largest absolute Gasteiger partial charge is 0.481 e. The predicted molar refractivity (Wildman–Crippen MR) is 63.6 cm³/mol. The zero-order valence-electron chi connectivity index (χ0n) is 8.33. The third-order valence-corrected chi connectivity index (χ3v) is 2.96. The van der Waals surface area contributed by atoms with Crippen LogP contribution in [-0.2, 0) is 4.79 Å². The standard InChI is InChI=1S/C9H6BrN3O3S/c10-5-1-2-6(11-3-5)8-12-9(16-13-8)17-4-7(14)15/h1-3H,4H2,(H,14,15). The van der Waals surface area contributed by atoms with E-state index in [1.807, 2.05) is 6.07 Å². The van der Waals surface area contributed by atoms with E-state index in [1.54, 1.807) is 12.3 Å². The summed E-state index contributed by atoms with van der Waals surface area (Å²) in [5, 5.41) is 12.4. The van der Waals surface area contributed by atoms with Crippen LogP contribution in [0.1, 0.15) is 0 Å². The van der Waals surface area contributed by atoms with Gasteiger partial charge in [-0.1, -0.05) is 16.9 Å². The number of nitrogens with zero attached hydrogens (tertiary/aromatic N) is 3. The molecule has 0 radical (unpaired) electrons. The molecular weight excluding hydrogens is 310 g/mol. The Bertz CT molecular complexity index is 529. The molecule has 0 aliphatic rings. The van der Waals surface area contributed by atoms with E-state index < -0.39 is 5.97 Å². The van der Waals surface area contributed by atoms with E-state index in [9.17, 15) is 4.79 Å². The molecule has 88 valence electrons. The highest BCUT2D eigenvalue weighted by atomic mass is 79.9. The Hall–Kier alpha value is -1.41. The number of aliphatic carboxylic acids is 1. The number of rotatable bonds is 4. The van der Waals surface area contributed by atoms with Gasteiger partial charge < -0.3 is 9.63 Å². The Balaban J connectivity index is 2.12. The molecule has 0 unspecified atom stereocenters. The zero-order chi connectivity index (χ0) is 12.3. The summed E-state index contributed by atoms with van der Waals surface area (Å²) in [7, 11) is 0. The van der Waals surface area contributed by atoms with Crippen LogP contribution < -0.4 is 0 Å². The maximum Gasteiger partial charge on any atom is 0.314 e. The van der Waals surface area contributed by atoms with Crippen LogP contribution in [0.15, 0.2) is 32.5 Å². The lowest BCUT2D eigenvalue weighted by Gasteiger charge is -1.92. The van der Waals surface area contributed by atoms with Crippen LogP contribution in [0.3, 0.4) is 0 Å². The summed E-state index contributed by atoms with van der Waals surface area (Å²) in [6.07, 6.45) is 1.62. The number of carboxylic acid groups (broad SMARTS) is 1. The molecule has 0 atom stereocenters. The van der Waals surface area contributed by atoms with Gasteiger partial charge in [0.2, 0.25) is 5.82 Å². The second-order valence-corrected chi connectivity index (χ2v) is 4.77. The first-order valence-corrected chi connectivity index (χ1v) is 6.23. The zero-order valence-corrected chi connectivity index (χ0v) is 10.7. The van der Waals surface area contributed by atoms with E-state index in [0.29, 0.717) is 11.5 Å². The van der Waals surface area contributed by atoms with Crippen LogP contribution in [-0.4, -0.2) is 32.0 Å². The van der Waals surface area contributed by atoms with Crippen molar-refractivity contribution in [3.05, 3.63) is 22.8 Å². The number of thioether (sulfide) groups is 1. The molecule has 2 rings (SSSR count). The normalized spacial score (nSPS) is 10.4.